The Hall–Kier alpha value is -1.55. The molecule has 1 atom stereocenters. The average Bonchev–Trinajstić information content (AvgIpc) is 2.48. The molecule has 22 heavy (non-hydrogen) atoms. The molecule has 1 aliphatic heterocycles. The molecular weight excluding hydrogens is 300 g/mol. The zero-order valence-electron chi connectivity index (χ0n) is 13.2. The van der Waals surface area contributed by atoms with Gasteiger partial charge in [-0.05, 0) is 43.0 Å². The van der Waals surface area contributed by atoms with Crippen LogP contribution in [0.5, 0.6) is 0 Å². The van der Waals surface area contributed by atoms with E-state index >= 15 is 0 Å². The van der Waals surface area contributed by atoms with Gasteiger partial charge in [0.2, 0.25) is 11.8 Å². The van der Waals surface area contributed by atoms with E-state index in [1.807, 2.05) is 4.90 Å². The van der Waals surface area contributed by atoms with Gasteiger partial charge in [-0.1, -0.05) is 18.5 Å². The molecule has 2 amide bonds. The van der Waals surface area contributed by atoms with Gasteiger partial charge < -0.3 is 9.80 Å². The maximum Gasteiger partial charge on any atom is 0.224 e. The van der Waals surface area contributed by atoms with Crippen molar-refractivity contribution in [3.63, 3.8) is 0 Å². The van der Waals surface area contributed by atoms with Gasteiger partial charge in [-0.3, -0.25) is 9.59 Å². The minimum absolute atomic E-state index is 0.0675. The molecule has 0 bridgehead atoms. The fourth-order valence-electron chi connectivity index (χ4n) is 2.87. The van der Waals surface area contributed by atoms with E-state index in [0.29, 0.717) is 23.9 Å². The zero-order valence-corrected chi connectivity index (χ0v) is 14.0. The molecule has 0 aromatic heterocycles. The van der Waals surface area contributed by atoms with Crippen molar-refractivity contribution in [1.29, 1.82) is 0 Å². The summed E-state index contributed by atoms with van der Waals surface area (Å²) >= 11 is 5.87. The van der Waals surface area contributed by atoms with Gasteiger partial charge in [-0.15, -0.1) is 0 Å². The van der Waals surface area contributed by atoms with Crippen LogP contribution in [0.1, 0.15) is 33.1 Å². The van der Waals surface area contributed by atoms with Crippen LogP contribution < -0.4 is 4.90 Å². The largest absolute Gasteiger partial charge is 0.342 e. The number of nitrogens with zero attached hydrogens (tertiary/aromatic N) is 2. The lowest BCUT2D eigenvalue weighted by Gasteiger charge is -2.31. The highest BCUT2D eigenvalue weighted by Crippen LogP contribution is 2.20. The van der Waals surface area contributed by atoms with Crippen molar-refractivity contribution in [2.75, 3.05) is 24.5 Å². The van der Waals surface area contributed by atoms with E-state index in [4.69, 9.17) is 11.6 Å². The first-order chi connectivity index (χ1) is 10.5. The van der Waals surface area contributed by atoms with Gasteiger partial charge in [-0.25, -0.2) is 0 Å². The maximum atomic E-state index is 12.3. The van der Waals surface area contributed by atoms with Crippen molar-refractivity contribution in [2.45, 2.75) is 33.1 Å². The fourth-order valence-corrected chi connectivity index (χ4v) is 3.00. The lowest BCUT2D eigenvalue weighted by Crippen LogP contribution is -2.41. The molecule has 1 saturated heterocycles. The number of likely N-dealkylation sites (tertiary alicyclic amines) is 1. The molecule has 0 radical (unpaired) electrons. The molecule has 0 saturated carbocycles. The van der Waals surface area contributed by atoms with Crippen LogP contribution in [-0.2, 0) is 9.59 Å². The van der Waals surface area contributed by atoms with E-state index in [0.717, 1.165) is 25.2 Å². The number of amides is 2. The Balaban J connectivity index is 1.95. The predicted molar refractivity (Wildman–Crippen MR) is 89.1 cm³/mol. The number of hydrogen-bond acceptors (Lipinski definition) is 2. The number of rotatable bonds is 4. The van der Waals surface area contributed by atoms with Crippen molar-refractivity contribution in [1.82, 2.24) is 4.90 Å². The number of piperidine rings is 1. The van der Waals surface area contributed by atoms with Crippen LogP contribution in [0.3, 0.4) is 0 Å². The molecule has 1 fully saturated rings. The van der Waals surface area contributed by atoms with Gasteiger partial charge in [0.05, 0.1) is 0 Å². The molecule has 2 rings (SSSR count). The van der Waals surface area contributed by atoms with E-state index < -0.39 is 0 Å². The van der Waals surface area contributed by atoms with Crippen molar-refractivity contribution >= 4 is 29.1 Å². The highest BCUT2D eigenvalue weighted by atomic mass is 35.5. The highest BCUT2D eigenvalue weighted by molar-refractivity contribution is 6.30. The lowest BCUT2D eigenvalue weighted by molar-refractivity contribution is -0.132. The SMILES string of the molecule is CC(=O)N(CCC(=O)N1CCCC(C)C1)c1ccc(Cl)cc1. The second-order valence-corrected chi connectivity index (χ2v) is 6.42. The van der Waals surface area contributed by atoms with Crippen LogP contribution in [0.25, 0.3) is 0 Å². The molecule has 1 heterocycles. The second kappa shape index (κ2) is 7.63. The van der Waals surface area contributed by atoms with Gasteiger partial charge in [0, 0.05) is 43.7 Å². The first-order valence-corrected chi connectivity index (χ1v) is 8.16. The van der Waals surface area contributed by atoms with Crippen LogP contribution in [-0.4, -0.2) is 36.3 Å². The summed E-state index contributed by atoms with van der Waals surface area (Å²) in [6, 6.07) is 7.11. The number of anilines is 1. The highest BCUT2D eigenvalue weighted by Gasteiger charge is 2.22. The molecule has 5 heteroatoms. The summed E-state index contributed by atoms with van der Waals surface area (Å²) in [6.45, 7) is 5.77. The Morgan fingerprint density at radius 1 is 1.32 bits per heavy atom. The Kier molecular flexibility index (Phi) is 5.83. The zero-order chi connectivity index (χ0) is 16.1. The van der Waals surface area contributed by atoms with Crippen LogP contribution >= 0.6 is 11.6 Å². The van der Waals surface area contributed by atoms with E-state index in [2.05, 4.69) is 6.92 Å². The molecular formula is C17H23ClN2O2. The maximum absolute atomic E-state index is 12.3. The number of hydrogen-bond donors (Lipinski definition) is 0. The Morgan fingerprint density at radius 3 is 2.59 bits per heavy atom. The van der Waals surface area contributed by atoms with Gasteiger partial charge in [0.1, 0.15) is 0 Å². The number of carbonyl (C=O) groups excluding carboxylic acids is 2. The van der Waals surface area contributed by atoms with Crippen LogP contribution in [0, 0.1) is 5.92 Å². The summed E-state index contributed by atoms with van der Waals surface area (Å²) < 4.78 is 0. The smallest absolute Gasteiger partial charge is 0.224 e. The minimum atomic E-state index is -0.0675. The molecule has 0 N–H and O–H groups in total. The van der Waals surface area contributed by atoms with Crippen molar-refractivity contribution < 1.29 is 9.59 Å². The molecule has 1 aromatic carbocycles. The quantitative estimate of drug-likeness (QED) is 0.853. The summed E-state index contributed by atoms with van der Waals surface area (Å²) in [7, 11) is 0. The van der Waals surface area contributed by atoms with Gasteiger partial charge in [0.15, 0.2) is 0 Å². The van der Waals surface area contributed by atoms with E-state index in [1.165, 1.54) is 13.3 Å². The summed E-state index contributed by atoms with van der Waals surface area (Å²) in [5.41, 5.74) is 0.775. The normalized spacial score (nSPS) is 18.1. The third-order valence-electron chi connectivity index (χ3n) is 4.08. The van der Waals surface area contributed by atoms with Crippen molar-refractivity contribution in [2.24, 2.45) is 5.92 Å². The van der Waals surface area contributed by atoms with E-state index in [9.17, 15) is 9.59 Å². The van der Waals surface area contributed by atoms with Gasteiger partial charge in [0.25, 0.3) is 0 Å². The van der Waals surface area contributed by atoms with Crippen LogP contribution in [0.4, 0.5) is 5.69 Å². The van der Waals surface area contributed by atoms with E-state index in [-0.39, 0.29) is 11.8 Å². The molecule has 1 aromatic rings. The Labute approximate surface area is 137 Å². The predicted octanol–water partition coefficient (Wildman–Crippen LogP) is 3.34. The third-order valence-corrected chi connectivity index (χ3v) is 4.33. The third kappa shape index (κ3) is 4.47. The summed E-state index contributed by atoms with van der Waals surface area (Å²) in [4.78, 5) is 27.7. The van der Waals surface area contributed by atoms with Gasteiger partial charge >= 0.3 is 0 Å². The van der Waals surface area contributed by atoms with Gasteiger partial charge in [-0.2, -0.15) is 0 Å². The number of halogens is 1. The first-order valence-electron chi connectivity index (χ1n) is 7.79. The van der Waals surface area contributed by atoms with Crippen molar-refractivity contribution in [3.8, 4) is 0 Å². The minimum Gasteiger partial charge on any atom is -0.342 e. The van der Waals surface area contributed by atoms with Crippen molar-refractivity contribution in [3.05, 3.63) is 29.3 Å². The Morgan fingerprint density at radius 2 is 2.00 bits per heavy atom. The molecule has 4 nitrogen and oxygen atoms in total. The van der Waals surface area contributed by atoms with E-state index in [1.54, 1.807) is 29.2 Å². The average molecular weight is 323 g/mol. The fraction of sp³-hybridized carbons (Fsp3) is 0.529. The molecule has 1 aliphatic rings. The molecule has 120 valence electrons. The monoisotopic (exact) mass is 322 g/mol. The summed E-state index contributed by atoms with van der Waals surface area (Å²) in [5.74, 6) is 0.631. The number of carbonyl (C=O) groups is 2. The topological polar surface area (TPSA) is 40.6 Å². The first kappa shape index (κ1) is 16.8. The second-order valence-electron chi connectivity index (χ2n) is 5.98. The van der Waals surface area contributed by atoms with Crippen LogP contribution in [0.15, 0.2) is 24.3 Å². The summed E-state index contributed by atoms with van der Waals surface area (Å²) in [6.07, 6.45) is 2.61. The molecule has 0 aliphatic carbocycles. The van der Waals surface area contributed by atoms with Crippen LogP contribution in [0.2, 0.25) is 5.02 Å². The Bertz CT molecular complexity index is 530. The number of benzene rings is 1. The standard InChI is InChI=1S/C17H23ClN2O2/c1-13-4-3-10-19(12-13)17(22)9-11-20(14(2)21)16-7-5-15(18)6-8-16/h5-8,13H,3-4,9-12H2,1-2H3. The molecule has 1 unspecified atom stereocenters. The lowest BCUT2D eigenvalue weighted by atomic mass is 10.00. The summed E-state index contributed by atoms with van der Waals surface area (Å²) in [5, 5.41) is 0.630. The molecule has 0 spiro atoms.